The number of esters is 1. The standard InChI is InChI=1S/C17H34N2O2/c1-7-15-8-10-19(11-9-15)14(4)12-17(5,16(20)21-6)18-13(2)3/h13-15,18H,7-12H2,1-6H3. The predicted molar refractivity (Wildman–Crippen MR) is 87.4 cm³/mol. The second-order valence-corrected chi connectivity index (χ2v) is 7.06. The molecule has 1 rings (SSSR count). The molecule has 0 radical (unpaired) electrons. The predicted octanol–water partition coefficient (Wildman–Crippen LogP) is 2.82. The zero-order chi connectivity index (χ0) is 16.0. The summed E-state index contributed by atoms with van der Waals surface area (Å²) < 4.78 is 5.02. The molecule has 0 aromatic carbocycles. The van der Waals surface area contributed by atoms with E-state index < -0.39 is 5.54 Å². The van der Waals surface area contributed by atoms with Gasteiger partial charge in [-0.3, -0.25) is 10.1 Å². The van der Waals surface area contributed by atoms with E-state index in [9.17, 15) is 4.79 Å². The molecule has 124 valence electrons. The molecule has 4 nitrogen and oxygen atoms in total. The molecule has 2 unspecified atom stereocenters. The Balaban J connectivity index is 2.64. The van der Waals surface area contributed by atoms with Crippen LogP contribution in [-0.4, -0.2) is 48.7 Å². The van der Waals surface area contributed by atoms with Crippen molar-refractivity contribution < 1.29 is 9.53 Å². The summed E-state index contributed by atoms with van der Waals surface area (Å²) in [6.45, 7) is 12.9. The average molecular weight is 298 g/mol. The van der Waals surface area contributed by atoms with E-state index >= 15 is 0 Å². The number of nitrogens with zero attached hydrogens (tertiary/aromatic N) is 1. The van der Waals surface area contributed by atoms with Gasteiger partial charge in [-0.1, -0.05) is 13.3 Å². The normalized spacial score (nSPS) is 22.0. The molecule has 1 saturated heterocycles. The molecule has 2 atom stereocenters. The number of rotatable bonds is 7. The third kappa shape index (κ3) is 5.26. The van der Waals surface area contributed by atoms with Crippen LogP contribution in [0.5, 0.6) is 0 Å². The molecule has 0 saturated carbocycles. The molecular formula is C17H34N2O2. The molecule has 1 fully saturated rings. The molecule has 0 aliphatic carbocycles. The van der Waals surface area contributed by atoms with Crippen molar-refractivity contribution >= 4 is 5.97 Å². The SMILES string of the molecule is CCC1CCN(C(C)CC(C)(NC(C)C)C(=O)OC)CC1. The molecule has 0 spiro atoms. The van der Waals surface area contributed by atoms with Crippen molar-refractivity contribution in [3.63, 3.8) is 0 Å². The van der Waals surface area contributed by atoms with Crippen LogP contribution in [0.15, 0.2) is 0 Å². The van der Waals surface area contributed by atoms with E-state index in [2.05, 4.69) is 37.9 Å². The van der Waals surface area contributed by atoms with Crippen molar-refractivity contribution in [3.05, 3.63) is 0 Å². The molecule has 21 heavy (non-hydrogen) atoms. The molecule has 4 heteroatoms. The van der Waals surface area contributed by atoms with Crippen LogP contribution >= 0.6 is 0 Å². The van der Waals surface area contributed by atoms with Gasteiger partial charge in [0.05, 0.1) is 7.11 Å². The van der Waals surface area contributed by atoms with Gasteiger partial charge in [0.1, 0.15) is 5.54 Å². The minimum Gasteiger partial charge on any atom is -0.468 e. The summed E-state index contributed by atoms with van der Waals surface area (Å²) in [6.07, 6.45) is 4.65. The second kappa shape index (κ2) is 8.14. The highest BCUT2D eigenvalue weighted by Crippen LogP contribution is 2.25. The Bertz CT molecular complexity index is 325. The van der Waals surface area contributed by atoms with Gasteiger partial charge in [0, 0.05) is 12.1 Å². The maximum atomic E-state index is 12.2. The number of likely N-dealkylation sites (tertiary alicyclic amines) is 1. The summed E-state index contributed by atoms with van der Waals surface area (Å²) in [7, 11) is 1.47. The number of hydrogen-bond donors (Lipinski definition) is 1. The van der Waals surface area contributed by atoms with E-state index in [0.717, 1.165) is 25.4 Å². The van der Waals surface area contributed by atoms with Crippen LogP contribution in [0, 0.1) is 5.92 Å². The topological polar surface area (TPSA) is 41.6 Å². The zero-order valence-corrected chi connectivity index (χ0v) is 14.7. The summed E-state index contributed by atoms with van der Waals surface area (Å²) in [5.41, 5.74) is -0.607. The fourth-order valence-corrected chi connectivity index (χ4v) is 3.59. The Morgan fingerprint density at radius 2 is 1.90 bits per heavy atom. The Kier molecular flexibility index (Phi) is 7.14. The van der Waals surface area contributed by atoms with Gasteiger partial charge in [0.15, 0.2) is 0 Å². The van der Waals surface area contributed by atoms with Gasteiger partial charge in [-0.25, -0.2) is 0 Å². The third-order valence-corrected chi connectivity index (χ3v) is 4.80. The van der Waals surface area contributed by atoms with Gasteiger partial charge in [0.25, 0.3) is 0 Å². The number of piperidine rings is 1. The number of methoxy groups -OCH3 is 1. The maximum Gasteiger partial charge on any atom is 0.325 e. The number of carbonyl (C=O) groups is 1. The molecule has 1 aliphatic rings. The van der Waals surface area contributed by atoms with Crippen LogP contribution in [0.4, 0.5) is 0 Å². The van der Waals surface area contributed by atoms with Gasteiger partial charge in [0.2, 0.25) is 0 Å². The van der Waals surface area contributed by atoms with E-state index in [1.807, 2.05) is 6.92 Å². The zero-order valence-electron chi connectivity index (χ0n) is 14.7. The lowest BCUT2D eigenvalue weighted by atomic mass is 9.89. The van der Waals surface area contributed by atoms with Gasteiger partial charge >= 0.3 is 5.97 Å². The smallest absolute Gasteiger partial charge is 0.325 e. The Morgan fingerprint density at radius 1 is 1.33 bits per heavy atom. The fourth-order valence-electron chi connectivity index (χ4n) is 3.59. The molecule has 0 amide bonds. The highest BCUT2D eigenvalue weighted by molar-refractivity contribution is 5.80. The summed E-state index contributed by atoms with van der Waals surface area (Å²) in [4.78, 5) is 14.7. The van der Waals surface area contributed by atoms with Gasteiger partial charge in [-0.2, -0.15) is 0 Å². The first-order chi connectivity index (χ1) is 9.82. The lowest BCUT2D eigenvalue weighted by Gasteiger charge is -2.40. The number of ether oxygens (including phenoxy) is 1. The van der Waals surface area contributed by atoms with Crippen molar-refractivity contribution in [2.24, 2.45) is 5.92 Å². The molecule has 0 aromatic rings. The van der Waals surface area contributed by atoms with Crippen LogP contribution in [0.3, 0.4) is 0 Å². The third-order valence-electron chi connectivity index (χ3n) is 4.80. The van der Waals surface area contributed by atoms with Crippen LogP contribution in [0.25, 0.3) is 0 Å². The van der Waals surface area contributed by atoms with E-state index in [1.165, 1.54) is 26.4 Å². The number of carbonyl (C=O) groups excluding carboxylic acids is 1. The van der Waals surface area contributed by atoms with Crippen LogP contribution in [-0.2, 0) is 9.53 Å². The average Bonchev–Trinajstić information content (AvgIpc) is 2.45. The monoisotopic (exact) mass is 298 g/mol. The van der Waals surface area contributed by atoms with Crippen LogP contribution < -0.4 is 5.32 Å². The molecule has 1 heterocycles. The first-order valence-corrected chi connectivity index (χ1v) is 8.42. The minimum absolute atomic E-state index is 0.161. The quantitative estimate of drug-likeness (QED) is 0.734. The van der Waals surface area contributed by atoms with E-state index in [1.54, 1.807) is 0 Å². The van der Waals surface area contributed by atoms with E-state index in [-0.39, 0.29) is 12.0 Å². The fraction of sp³-hybridized carbons (Fsp3) is 0.941. The van der Waals surface area contributed by atoms with Crippen molar-refractivity contribution in [3.8, 4) is 0 Å². The molecular weight excluding hydrogens is 264 g/mol. The van der Waals surface area contributed by atoms with Gasteiger partial charge in [-0.15, -0.1) is 0 Å². The van der Waals surface area contributed by atoms with Gasteiger partial charge < -0.3 is 9.64 Å². The second-order valence-electron chi connectivity index (χ2n) is 7.06. The molecule has 1 aliphatic heterocycles. The summed E-state index contributed by atoms with van der Waals surface area (Å²) in [5.74, 6) is 0.723. The lowest BCUT2D eigenvalue weighted by Crippen LogP contribution is -2.56. The van der Waals surface area contributed by atoms with Crippen molar-refractivity contribution in [2.45, 2.75) is 77.9 Å². The Hall–Kier alpha value is -0.610. The summed E-state index contributed by atoms with van der Waals surface area (Å²) >= 11 is 0. The number of nitrogens with one attached hydrogen (secondary N) is 1. The van der Waals surface area contributed by atoms with Gasteiger partial charge in [-0.05, 0) is 66.0 Å². The maximum absolute atomic E-state index is 12.2. The van der Waals surface area contributed by atoms with Crippen molar-refractivity contribution in [2.75, 3.05) is 20.2 Å². The first-order valence-electron chi connectivity index (χ1n) is 8.42. The summed E-state index contributed by atoms with van der Waals surface area (Å²) in [6, 6.07) is 0.644. The van der Waals surface area contributed by atoms with E-state index in [0.29, 0.717) is 6.04 Å². The van der Waals surface area contributed by atoms with Crippen LogP contribution in [0.1, 0.15) is 60.3 Å². The highest BCUT2D eigenvalue weighted by Gasteiger charge is 2.38. The largest absolute Gasteiger partial charge is 0.468 e. The Morgan fingerprint density at radius 3 is 2.33 bits per heavy atom. The highest BCUT2D eigenvalue weighted by atomic mass is 16.5. The van der Waals surface area contributed by atoms with Crippen LogP contribution in [0.2, 0.25) is 0 Å². The molecule has 0 bridgehead atoms. The molecule has 1 N–H and O–H groups in total. The summed E-state index contributed by atoms with van der Waals surface area (Å²) in [5, 5.41) is 3.40. The van der Waals surface area contributed by atoms with Crippen molar-refractivity contribution in [1.29, 1.82) is 0 Å². The lowest BCUT2D eigenvalue weighted by molar-refractivity contribution is -0.149. The van der Waals surface area contributed by atoms with E-state index in [4.69, 9.17) is 4.74 Å². The van der Waals surface area contributed by atoms with Crippen molar-refractivity contribution in [1.82, 2.24) is 10.2 Å². The minimum atomic E-state index is -0.607. The number of hydrogen-bond acceptors (Lipinski definition) is 4. The molecule has 0 aromatic heterocycles. The first kappa shape index (κ1) is 18.4. The Labute approximate surface area is 130 Å².